The molecule has 0 radical (unpaired) electrons. The molecule has 0 saturated heterocycles. The third-order valence-corrected chi connectivity index (χ3v) is 2.79. The fourth-order valence-electron chi connectivity index (χ4n) is 1.74. The summed E-state index contributed by atoms with van der Waals surface area (Å²) in [5.41, 5.74) is 11.1. The predicted octanol–water partition coefficient (Wildman–Crippen LogP) is 0.554. The van der Waals surface area contributed by atoms with Crippen molar-refractivity contribution in [2.24, 2.45) is 23.3 Å². The first-order valence-corrected chi connectivity index (χ1v) is 7.46. The number of nitrogens with zero attached hydrogens (tertiary/aromatic N) is 1. The van der Waals surface area contributed by atoms with E-state index in [2.05, 4.69) is 19.2 Å². The number of rotatable bonds is 6. The lowest BCUT2D eigenvalue weighted by atomic mass is 10.0. The average Bonchev–Trinajstić information content (AvgIpc) is 2.35. The van der Waals surface area contributed by atoms with Crippen LogP contribution in [0.2, 0.25) is 0 Å². The lowest BCUT2D eigenvalue weighted by molar-refractivity contribution is -0.130. The van der Waals surface area contributed by atoms with E-state index in [-0.39, 0.29) is 23.9 Å². The van der Waals surface area contributed by atoms with E-state index in [0.717, 1.165) is 12.8 Å². The quantitative estimate of drug-likeness (QED) is 0.667. The first kappa shape index (κ1) is 22.1. The van der Waals surface area contributed by atoms with Gasteiger partial charge in [-0.05, 0) is 24.7 Å². The summed E-state index contributed by atoms with van der Waals surface area (Å²) in [4.78, 5) is 23.5. The molecule has 0 unspecified atom stereocenters. The maximum atomic E-state index is 11.2. The van der Waals surface area contributed by atoms with Crippen molar-refractivity contribution >= 4 is 11.8 Å². The van der Waals surface area contributed by atoms with E-state index in [1.54, 1.807) is 21.1 Å². The SMILES string of the molecule is CC(C)C[C@H](N)C(=O)N(C)C.CNC(=O)[C@@H](N)CC(C)C. The molecule has 0 aromatic heterocycles. The number of nitrogens with one attached hydrogen (secondary N) is 1. The van der Waals surface area contributed by atoms with E-state index in [1.165, 1.54) is 4.90 Å². The van der Waals surface area contributed by atoms with E-state index in [9.17, 15) is 9.59 Å². The van der Waals surface area contributed by atoms with Crippen LogP contribution in [0.25, 0.3) is 0 Å². The molecule has 0 heterocycles. The van der Waals surface area contributed by atoms with Crippen molar-refractivity contribution in [1.82, 2.24) is 10.2 Å². The Morgan fingerprint density at radius 1 is 0.952 bits per heavy atom. The van der Waals surface area contributed by atoms with E-state index in [1.807, 2.05) is 13.8 Å². The second-order valence-electron chi connectivity index (χ2n) is 6.32. The normalized spacial score (nSPS) is 13.3. The standard InChI is InChI=1S/C8H18N2O.C7H16N2O/c1-6(2)5-7(9)8(11)10(3)4;1-5(2)4-6(8)7(10)9-3/h6-7H,5,9H2,1-4H3;5-6H,4,8H2,1-3H3,(H,9,10)/t7-;6-/m00/s1. The second kappa shape index (κ2) is 11.5. The summed E-state index contributed by atoms with van der Waals surface area (Å²) in [5, 5.41) is 2.51. The fourth-order valence-corrected chi connectivity index (χ4v) is 1.74. The molecule has 0 aliphatic carbocycles. The molecule has 0 spiro atoms. The van der Waals surface area contributed by atoms with Crippen LogP contribution >= 0.6 is 0 Å². The van der Waals surface area contributed by atoms with Gasteiger partial charge < -0.3 is 21.7 Å². The first-order valence-electron chi connectivity index (χ1n) is 7.46. The molecule has 2 amide bonds. The fraction of sp³-hybridized carbons (Fsp3) is 0.867. The minimum absolute atomic E-state index is 0.0127. The molecule has 5 N–H and O–H groups in total. The second-order valence-corrected chi connectivity index (χ2v) is 6.32. The van der Waals surface area contributed by atoms with Crippen LogP contribution in [-0.2, 0) is 9.59 Å². The Bertz CT molecular complexity index is 304. The molecule has 21 heavy (non-hydrogen) atoms. The van der Waals surface area contributed by atoms with Crippen LogP contribution < -0.4 is 16.8 Å². The number of carbonyl (C=O) groups excluding carboxylic acids is 2. The molecule has 0 bridgehead atoms. The maximum absolute atomic E-state index is 11.2. The Kier molecular flexibility index (Phi) is 12.1. The number of amides is 2. The van der Waals surface area contributed by atoms with Crippen LogP contribution in [0, 0.1) is 11.8 Å². The summed E-state index contributed by atoms with van der Waals surface area (Å²) in [7, 11) is 5.05. The van der Waals surface area contributed by atoms with Gasteiger partial charge in [-0.3, -0.25) is 9.59 Å². The van der Waals surface area contributed by atoms with Gasteiger partial charge in [-0.25, -0.2) is 0 Å². The van der Waals surface area contributed by atoms with Crippen LogP contribution in [-0.4, -0.2) is 49.9 Å². The molecular formula is C15H34N4O2. The van der Waals surface area contributed by atoms with E-state index in [4.69, 9.17) is 11.5 Å². The summed E-state index contributed by atoms with van der Waals surface area (Å²) in [6.07, 6.45) is 1.51. The molecule has 0 aliphatic heterocycles. The molecule has 0 aromatic rings. The van der Waals surface area contributed by atoms with Gasteiger partial charge >= 0.3 is 0 Å². The van der Waals surface area contributed by atoms with E-state index in [0.29, 0.717) is 11.8 Å². The van der Waals surface area contributed by atoms with Crippen molar-refractivity contribution in [1.29, 1.82) is 0 Å². The van der Waals surface area contributed by atoms with Gasteiger partial charge in [0.25, 0.3) is 0 Å². The highest BCUT2D eigenvalue weighted by atomic mass is 16.2. The molecule has 0 fully saturated rings. The van der Waals surface area contributed by atoms with Gasteiger partial charge in [0, 0.05) is 21.1 Å². The Labute approximate surface area is 129 Å². The van der Waals surface area contributed by atoms with Gasteiger partial charge in [-0.15, -0.1) is 0 Å². The van der Waals surface area contributed by atoms with Crippen molar-refractivity contribution in [3.05, 3.63) is 0 Å². The minimum atomic E-state index is -0.343. The van der Waals surface area contributed by atoms with E-state index >= 15 is 0 Å². The number of likely N-dealkylation sites (N-methyl/N-ethyl adjacent to an activating group) is 2. The highest BCUT2D eigenvalue weighted by Gasteiger charge is 2.15. The zero-order valence-corrected chi connectivity index (χ0v) is 14.6. The number of nitrogens with two attached hydrogens (primary N) is 2. The predicted molar refractivity (Wildman–Crippen MR) is 87.6 cm³/mol. The van der Waals surface area contributed by atoms with Crippen LogP contribution in [0.3, 0.4) is 0 Å². The Hall–Kier alpha value is -1.14. The molecule has 6 heteroatoms. The van der Waals surface area contributed by atoms with E-state index < -0.39 is 0 Å². The first-order chi connectivity index (χ1) is 9.52. The average molecular weight is 302 g/mol. The van der Waals surface area contributed by atoms with Crippen LogP contribution in [0.5, 0.6) is 0 Å². The Balaban J connectivity index is 0. The lowest BCUT2D eigenvalue weighted by Crippen LogP contribution is -2.40. The zero-order chi connectivity index (χ0) is 17.2. The molecule has 0 aromatic carbocycles. The highest BCUT2D eigenvalue weighted by Crippen LogP contribution is 2.03. The van der Waals surface area contributed by atoms with Crippen molar-refractivity contribution < 1.29 is 9.59 Å². The van der Waals surface area contributed by atoms with Gasteiger partial charge in [-0.1, -0.05) is 27.7 Å². The molecule has 0 saturated carbocycles. The van der Waals surface area contributed by atoms with Crippen LogP contribution in [0.15, 0.2) is 0 Å². The summed E-state index contributed by atoms with van der Waals surface area (Å²) in [6, 6.07) is -0.671. The van der Waals surface area contributed by atoms with Crippen molar-refractivity contribution in [3.63, 3.8) is 0 Å². The third kappa shape index (κ3) is 12.3. The van der Waals surface area contributed by atoms with Gasteiger partial charge in [0.1, 0.15) is 0 Å². The topological polar surface area (TPSA) is 101 Å². The van der Waals surface area contributed by atoms with Crippen molar-refractivity contribution in [2.75, 3.05) is 21.1 Å². The molecule has 0 rings (SSSR count). The third-order valence-electron chi connectivity index (χ3n) is 2.79. The molecular weight excluding hydrogens is 268 g/mol. The largest absolute Gasteiger partial charge is 0.358 e. The van der Waals surface area contributed by atoms with Gasteiger partial charge in [-0.2, -0.15) is 0 Å². The number of hydrogen-bond acceptors (Lipinski definition) is 4. The maximum Gasteiger partial charge on any atom is 0.238 e. The highest BCUT2D eigenvalue weighted by molar-refractivity contribution is 5.81. The van der Waals surface area contributed by atoms with Crippen molar-refractivity contribution in [2.45, 2.75) is 52.6 Å². The number of carbonyl (C=O) groups is 2. The van der Waals surface area contributed by atoms with Crippen LogP contribution in [0.4, 0.5) is 0 Å². The zero-order valence-electron chi connectivity index (χ0n) is 14.6. The summed E-state index contributed by atoms with van der Waals surface area (Å²) < 4.78 is 0. The summed E-state index contributed by atoms with van der Waals surface area (Å²) in [5.74, 6) is 0.897. The Morgan fingerprint density at radius 2 is 1.33 bits per heavy atom. The molecule has 126 valence electrons. The monoisotopic (exact) mass is 302 g/mol. The molecule has 6 nitrogen and oxygen atoms in total. The molecule has 0 aliphatic rings. The van der Waals surface area contributed by atoms with Crippen molar-refractivity contribution in [3.8, 4) is 0 Å². The van der Waals surface area contributed by atoms with Gasteiger partial charge in [0.15, 0.2) is 0 Å². The van der Waals surface area contributed by atoms with Crippen LogP contribution in [0.1, 0.15) is 40.5 Å². The summed E-state index contributed by atoms with van der Waals surface area (Å²) in [6.45, 7) is 8.21. The molecule has 2 atom stereocenters. The Morgan fingerprint density at radius 3 is 1.62 bits per heavy atom. The smallest absolute Gasteiger partial charge is 0.238 e. The van der Waals surface area contributed by atoms with Gasteiger partial charge in [0.2, 0.25) is 11.8 Å². The summed E-state index contributed by atoms with van der Waals surface area (Å²) >= 11 is 0. The minimum Gasteiger partial charge on any atom is -0.358 e. The van der Waals surface area contributed by atoms with Gasteiger partial charge in [0.05, 0.1) is 12.1 Å². The number of hydrogen-bond donors (Lipinski definition) is 3. The lowest BCUT2D eigenvalue weighted by Gasteiger charge is -2.17.